The number of hydrogen-bond donors (Lipinski definition) is 1. The van der Waals surface area contributed by atoms with Crippen molar-refractivity contribution in [3.63, 3.8) is 0 Å². The van der Waals surface area contributed by atoms with Gasteiger partial charge in [0.05, 0.1) is 11.6 Å². The monoisotopic (exact) mass is 480 g/mol. The van der Waals surface area contributed by atoms with Gasteiger partial charge in [0.15, 0.2) is 0 Å². The summed E-state index contributed by atoms with van der Waals surface area (Å²) in [5.41, 5.74) is 1.95. The van der Waals surface area contributed by atoms with Gasteiger partial charge in [-0.2, -0.15) is 0 Å². The number of amides is 1. The van der Waals surface area contributed by atoms with E-state index in [1.807, 2.05) is 0 Å². The highest BCUT2D eigenvalue weighted by Gasteiger charge is 2.46. The Labute approximate surface area is 187 Å². The van der Waals surface area contributed by atoms with Gasteiger partial charge in [0.2, 0.25) is 0 Å². The van der Waals surface area contributed by atoms with Crippen molar-refractivity contribution in [2.45, 2.75) is 19.5 Å². The Balaban J connectivity index is 1.87. The molecule has 4 rings (SSSR count). The molecule has 1 atom stereocenters. The van der Waals surface area contributed by atoms with Gasteiger partial charge in [0, 0.05) is 29.0 Å². The van der Waals surface area contributed by atoms with E-state index in [2.05, 4.69) is 20.9 Å². The van der Waals surface area contributed by atoms with E-state index in [1.165, 1.54) is 23.1 Å². The standard InChI is InChI=1S/C24H18BrFN2O3/c1-14-2-3-17(12-19(14)26)22(29)20-21(16-4-6-18(25)7-5-16)28(24(31)23(20)30)13-15-8-10-27-11-9-15/h2-12,21,29H,13H2,1H3/b22-20+. The highest BCUT2D eigenvalue weighted by Crippen LogP contribution is 2.40. The van der Waals surface area contributed by atoms with E-state index in [4.69, 9.17) is 0 Å². The number of carbonyl (C=O) groups excluding carboxylic acids is 2. The number of aliphatic hydroxyl groups is 1. The summed E-state index contributed by atoms with van der Waals surface area (Å²) in [5, 5.41) is 11.0. The highest BCUT2D eigenvalue weighted by atomic mass is 79.9. The minimum Gasteiger partial charge on any atom is -0.507 e. The lowest BCUT2D eigenvalue weighted by Gasteiger charge is -2.25. The minimum absolute atomic E-state index is 0.0652. The average molecular weight is 481 g/mol. The number of pyridine rings is 1. The van der Waals surface area contributed by atoms with Crippen LogP contribution in [0.4, 0.5) is 4.39 Å². The second-order valence-corrected chi connectivity index (χ2v) is 8.21. The number of nitrogens with zero attached hydrogens (tertiary/aromatic N) is 2. The van der Waals surface area contributed by atoms with Gasteiger partial charge in [-0.25, -0.2) is 4.39 Å². The molecule has 1 aliphatic rings. The zero-order valence-corrected chi connectivity index (χ0v) is 18.1. The molecule has 3 aromatic rings. The number of benzene rings is 2. The predicted octanol–water partition coefficient (Wildman–Crippen LogP) is 4.91. The molecule has 1 amide bonds. The number of Topliss-reactive ketones (excluding diaryl/α,β-unsaturated/α-hetero) is 1. The zero-order valence-electron chi connectivity index (χ0n) is 16.5. The molecular formula is C24H18BrFN2O3. The third kappa shape index (κ3) is 4.01. The Morgan fingerprint density at radius 2 is 1.77 bits per heavy atom. The van der Waals surface area contributed by atoms with Gasteiger partial charge in [-0.1, -0.05) is 40.2 Å². The van der Waals surface area contributed by atoms with Crippen LogP contribution in [0.15, 0.2) is 77.0 Å². The van der Waals surface area contributed by atoms with Crippen molar-refractivity contribution in [3.8, 4) is 0 Å². The molecule has 0 radical (unpaired) electrons. The number of carbonyl (C=O) groups is 2. The normalized spacial score (nSPS) is 17.9. The van der Waals surface area contributed by atoms with Crippen molar-refractivity contribution < 1.29 is 19.1 Å². The van der Waals surface area contributed by atoms with Gasteiger partial charge in [0.25, 0.3) is 11.7 Å². The first-order valence-electron chi connectivity index (χ1n) is 9.56. The van der Waals surface area contributed by atoms with E-state index < -0.39 is 29.3 Å². The summed E-state index contributed by atoms with van der Waals surface area (Å²) in [7, 11) is 0. The molecule has 2 aromatic carbocycles. The molecule has 0 saturated carbocycles. The summed E-state index contributed by atoms with van der Waals surface area (Å²) in [5.74, 6) is -2.43. The summed E-state index contributed by atoms with van der Waals surface area (Å²) >= 11 is 3.38. The summed E-state index contributed by atoms with van der Waals surface area (Å²) in [4.78, 5) is 31.4. The van der Waals surface area contributed by atoms with E-state index in [-0.39, 0.29) is 17.7 Å². The first kappa shape index (κ1) is 20.9. The SMILES string of the molecule is Cc1ccc(/C(O)=C2\C(=O)C(=O)N(Cc3ccncc3)C2c2ccc(Br)cc2)cc1F. The van der Waals surface area contributed by atoms with Crippen molar-refractivity contribution >= 4 is 33.4 Å². The number of likely N-dealkylation sites (tertiary alicyclic amines) is 1. The summed E-state index contributed by atoms with van der Waals surface area (Å²) in [6.45, 7) is 1.77. The number of hydrogen-bond acceptors (Lipinski definition) is 4. The maximum atomic E-state index is 14.1. The van der Waals surface area contributed by atoms with Crippen molar-refractivity contribution in [2.75, 3.05) is 0 Å². The zero-order chi connectivity index (χ0) is 22.1. The van der Waals surface area contributed by atoms with Gasteiger partial charge in [0.1, 0.15) is 11.6 Å². The quantitative estimate of drug-likeness (QED) is 0.327. The van der Waals surface area contributed by atoms with Gasteiger partial charge in [-0.15, -0.1) is 0 Å². The largest absolute Gasteiger partial charge is 0.507 e. The van der Waals surface area contributed by atoms with Gasteiger partial charge >= 0.3 is 0 Å². The van der Waals surface area contributed by atoms with E-state index in [9.17, 15) is 19.1 Å². The second-order valence-electron chi connectivity index (χ2n) is 7.30. The molecule has 1 fully saturated rings. The fourth-order valence-corrected chi connectivity index (χ4v) is 3.88. The van der Waals surface area contributed by atoms with Crippen LogP contribution in [-0.4, -0.2) is 26.7 Å². The average Bonchev–Trinajstić information content (AvgIpc) is 3.01. The molecule has 1 aliphatic heterocycles. The fourth-order valence-electron chi connectivity index (χ4n) is 3.62. The van der Waals surface area contributed by atoms with Crippen molar-refractivity contribution in [3.05, 3.63) is 105 Å². The van der Waals surface area contributed by atoms with E-state index in [0.717, 1.165) is 10.0 Å². The minimum atomic E-state index is -0.814. The third-order valence-electron chi connectivity index (χ3n) is 5.27. The molecule has 0 aliphatic carbocycles. The molecular weight excluding hydrogens is 463 g/mol. The van der Waals surface area contributed by atoms with Crippen LogP contribution in [0.2, 0.25) is 0 Å². The van der Waals surface area contributed by atoms with Crippen LogP contribution in [0.25, 0.3) is 5.76 Å². The Kier molecular flexibility index (Phi) is 5.69. The lowest BCUT2D eigenvalue weighted by Crippen LogP contribution is -2.29. The fraction of sp³-hybridized carbons (Fsp3) is 0.125. The van der Waals surface area contributed by atoms with Crippen molar-refractivity contribution in [1.29, 1.82) is 0 Å². The van der Waals surface area contributed by atoms with Gasteiger partial charge in [-0.3, -0.25) is 14.6 Å². The third-order valence-corrected chi connectivity index (χ3v) is 5.80. The highest BCUT2D eigenvalue weighted by molar-refractivity contribution is 9.10. The summed E-state index contributed by atoms with van der Waals surface area (Å²) in [6, 6.07) is 14.1. The van der Waals surface area contributed by atoms with Gasteiger partial charge < -0.3 is 10.0 Å². The van der Waals surface area contributed by atoms with Crippen molar-refractivity contribution in [2.24, 2.45) is 0 Å². The number of rotatable bonds is 4. The van der Waals surface area contributed by atoms with E-state index in [0.29, 0.717) is 11.1 Å². The number of aliphatic hydroxyl groups excluding tert-OH is 1. The van der Waals surface area contributed by atoms with Crippen LogP contribution in [0.3, 0.4) is 0 Å². The molecule has 1 saturated heterocycles. The predicted molar refractivity (Wildman–Crippen MR) is 117 cm³/mol. The number of aryl methyl sites for hydroxylation is 1. The molecule has 1 N–H and O–H groups in total. The maximum Gasteiger partial charge on any atom is 0.295 e. The Morgan fingerprint density at radius 1 is 1.10 bits per heavy atom. The maximum absolute atomic E-state index is 14.1. The first-order valence-corrected chi connectivity index (χ1v) is 10.4. The molecule has 5 nitrogen and oxygen atoms in total. The summed E-state index contributed by atoms with van der Waals surface area (Å²) in [6.07, 6.45) is 3.21. The van der Waals surface area contributed by atoms with Gasteiger partial charge in [-0.05, 0) is 53.9 Å². The van der Waals surface area contributed by atoms with Crippen LogP contribution in [0.1, 0.15) is 28.3 Å². The van der Waals surface area contributed by atoms with Crippen LogP contribution in [0.5, 0.6) is 0 Å². The first-order chi connectivity index (χ1) is 14.9. The molecule has 1 unspecified atom stereocenters. The van der Waals surface area contributed by atoms with E-state index in [1.54, 1.807) is 55.7 Å². The van der Waals surface area contributed by atoms with Crippen LogP contribution in [-0.2, 0) is 16.1 Å². The molecule has 7 heteroatoms. The van der Waals surface area contributed by atoms with E-state index >= 15 is 0 Å². The lowest BCUT2D eigenvalue weighted by molar-refractivity contribution is -0.140. The molecule has 2 heterocycles. The molecule has 156 valence electrons. The molecule has 0 bridgehead atoms. The van der Waals surface area contributed by atoms with Crippen LogP contribution >= 0.6 is 15.9 Å². The Morgan fingerprint density at radius 3 is 2.42 bits per heavy atom. The lowest BCUT2D eigenvalue weighted by atomic mass is 9.95. The number of halogens is 2. The van der Waals surface area contributed by atoms with Crippen molar-refractivity contribution in [1.82, 2.24) is 9.88 Å². The van der Waals surface area contributed by atoms with Crippen LogP contribution < -0.4 is 0 Å². The number of aromatic nitrogens is 1. The molecule has 31 heavy (non-hydrogen) atoms. The Hall–Kier alpha value is -3.32. The molecule has 0 spiro atoms. The number of ketones is 1. The summed E-state index contributed by atoms with van der Waals surface area (Å²) < 4.78 is 15.0. The topological polar surface area (TPSA) is 70.5 Å². The van der Waals surface area contributed by atoms with Crippen LogP contribution in [0, 0.1) is 12.7 Å². The smallest absolute Gasteiger partial charge is 0.295 e. The molecule has 1 aromatic heterocycles. The Bertz CT molecular complexity index is 1190. The second kappa shape index (κ2) is 8.43.